The fourth-order valence-corrected chi connectivity index (χ4v) is 4.45. The van der Waals surface area contributed by atoms with Crippen molar-refractivity contribution in [3.8, 4) is 0 Å². The number of likely N-dealkylation sites (tertiary alicyclic amines) is 1. The maximum Gasteiger partial charge on any atom is 0.289 e. The summed E-state index contributed by atoms with van der Waals surface area (Å²) in [4.78, 5) is 33.1. The van der Waals surface area contributed by atoms with Gasteiger partial charge in [-0.05, 0) is 60.7 Å². The van der Waals surface area contributed by atoms with Gasteiger partial charge in [-0.2, -0.15) is 0 Å². The van der Waals surface area contributed by atoms with Crippen molar-refractivity contribution in [3.63, 3.8) is 0 Å². The van der Waals surface area contributed by atoms with E-state index in [1.807, 2.05) is 35.4 Å². The zero-order valence-electron chi connectivity index (χ0n) is 17.8. The Morgan fingerprint density at radius 2 is 1.78 bits per heavy atom. The Morgan fingerprint density at radius 1 is 1.00 bits per heavy atom. The van der Waals surface area contributed by atoms with Crippen molar-refractivity contribution in [2.24, 2.45) is 5.92 Å². The van der Waals surface area contributed by atoms with Crippen LogP contribution in [0.25, 0.3) is 0 Å². The number of anilines is 2. The summed E-state index contributed by atoms with van der Waals surface area (Å²) in [6, 6.07) is 15.5. The molecule has 2 aliphatic rings. The number of aromatic nitrogens is 1. The summed E-state index contributed by atoms with van der Waals surface area (Å²) in [5.41, 5.74) is 3.13. The number of hydrogen-bond donors (Lipinski definition) is 1. The van der Waals surface area contributed by atoms with E-state index in [2.05, 4.69) is 27.3 Å². The van der Waals surface area contributed by atoms with Gasteiger partial charge in [-0.3, -0.25) is 14.6 Å². The van der Waals surface area contributed by atoms with Gasteiger partial charge in [-0.1, -0.05) is 12.1 Å². The van der Waals surface area contributed by atoms with Gasteiger partial charge < -0.3 is 19.5 Å². The summed E-state index contributed by atoms with van der Waals surface area (Å²) in [5.74, 6) is 0.830. The highest BCUT2D eigenvalue weighted by atomic mass is 16.3. The van der Waals surface area contributed by atoms with Crippen molar-refractivity contribution in [1.29, 1.82) is 0 Å². The number of hydrogen-bond acceptors (Lipinski definition) is 5. The van der Waals surface area contributed by atoms with Crippen LogP contribution in [0.5, 0.6) is 0 Å². The van der Waals surface area contributed by atoms with Gasteiger partial charge >= 0.3 is 0 Å². The van der Waals surface area contributed by atoms with Crippen LogP contribution in [-0.2, 0) is 4.79 Å². The minimum absolute atomic E-state index is 0.00842. The van der Waals surface area contributed by atoms with Crippen LogP contribution in [0.2, 0.25) is 0 Å². The lowest BCUT2D eigenvalue weighted by Crippen LogP contribution is -2.52. The van der Waals surface area contributed by atoms with Crippen LogP contribution in [0.1, 0.15) is 34.9 Å². The van der Waals surface area contributed by atoms with Gasteiger partial charge in [0, 0.05) is 38.1 Å². The van der Waals surface area contributed by atoms with Crippen LogP contribution < -0.4 is 10.2 Å². The van der Waals surface area contributed by atoms with Crippen LogP contribution in [-0.4, -0.2) is 47.9 Å². The molecule has 2 aliphatic heterocycles. The van der Waals surface area contributed by atoms with Gasteiger partial charge in [0.05, 0.1) is 24.1 Å². The van der Waals surface area contributed by atoms with Crippen molar-refractivity contribution in [3.05, 3.63) is 78.5 Å². The molecule has 3 aromatic rings. The second kappa shape index (κ2) is 8.86. The topological polar surface area (TPSA) is 78.7 Å². The predicted molar refractivity (Wildman–Crippen MR) is 122 cm³/mol. The van der Waals surface area contributed by atoms with E-state index in [4.69, 9.17) is 4.42 Å². The van der Waals surface area contributed by atoms with Crippen molar-refractivity contribution < 1.29 is 14.0 Å². The van der Waals surface area contributed by atoms with E-state index in [-0.39, 0.29) is 17.7 Å². The molecule has 0 spiro atoms. The minimum Gasteiger partial charge on any atom is -0.459 e. The Kier molecular flexibility index (Phi) is 5.62. The van der Waals surface area contributed by atoms with Crippen molar-refractivity contribution in [2.75, 3.05) is 36.4 Å². The molecule has 0 saturated carbocycles. The summed E-state index contributed by atoms with van der Waals surface area (Å²) in [6.07, 6.45) is 6.95. The summed E-state index contributed by atoms with van der Waals surface area (Å²) < 4.78 is 5.23. The Balaban J connectivity index is 1.10. The molecule has 4 heterocycles. The third kappa shape index (κ3) is 4.23. The normalized spacial score (nSPS) is 17.1. The average molecular weight is 431 g/mol. The smallest absolute Gasteiger partial charge is 0.289 e. The molecular formula is C25H26N4O3. The molecule has 7 nitrogen and oxygen atoms in total. The number of rotatable bonds is 5. The molecule has 0 aliphatic carbocycles. The van der Waals surface area contributed by atoms with Gasteiger partial charge in [0.25, 0.3) is 5.91 Å². The Morgan fingerprint density at radius 3 is 2.44 bits per heavy atom. The molecule has 164 valence electrons. The van der Waals surface area contributed by atoms with Crippen molar-refractivity contribution >= 4 is 23.2 Å². The fraction of sp³-hybridized carbons (Fsp3) is 0.320. The number of nitrogens with zero attached hydrogens (tertiary/aromatic N) is 3. The molecule has 0 unspecified atom stereocenters. The van der Waals surface area contributed by atoms with Crippen molar-refractivity contribution in [2.45, 2.75) is 18.8 Å². The van der Waals surface area contributed by atoms with E-state index in [9.17, 15) is 9.59 Å². The summed E-state index contributed by atoms with van der Waals surface area (Å²) in [5, 5.41) is 3.04. The Labute approximate surface area is 187 Å². The number of nitrogens with one attached hydrogen (secondary N) is 1. The minimum atomic E-state index is -0.0374. The highest BCUT2D eigenvalue weighted by molar-refractivity contribution is 5.94. The molecule has 2 aromatic heterocycles. The molecule has 1 N–H and O–H groups in total. The lowest BCUT2D eigenvalue weighted by atomic mass is 9.89. The third-order valence-electron chi connectivity index (χ3n) is 6.43. The number of pyridine rings is 1. The number of amides is 2. The number of carbonyl (C=O) groups excluding carboxylic acids is 2. The standard InChI is InChI=1S/C25H26N4O3/c30-24(20-16-29(17-20)22-3-1-11-26-15-22)27-21-7-5-18(6-8-21)19-9-12-28(13-10-19)25(31)23-4-2-14-32-23/h1-8,11,14-15,19-20H,9-10,12-13,16-17H2,(H,27,30). The molecular weight excluding hydrogens is 404 g/mol. The SMILES string of the molecule is O=C(Nc1ccc(C2CCN(C(=O)c3ccco3)CC2)cc1)C1CN(c2cccnc2)C1. The molecule has 0 bridgehead atoms. The van der Waals surface area contributed by atoms with E-state index in [0.29, 0.717) is 24.8 Å². The fourth-order valence-electron chi connectivity index (χ4n) is 4.45. The lowest BCUT2D eigenvalue weighted by molar-refractivity contribution is -0.120. The van der Waals surface area contributed by atoms with Gasteiger partial charge in [0.15, 0.2) is 5.76 Å². The number of piperidine rings is 1. The molecule has 0 atom stereocenters. The van der Waals surface area contributed by atoms with Crippen LogP contribution in [0.4, 0.5) is 11.4 Å². The van der Waals surface area contributed by atoms with Crippen LogP contribution >= 0.6 is 0 Å². The molecule has 7 heteroatoms. The van der Waals surface area contributed by atoms with E-state index in [1.54, 1.807) is 18.3 Å². The van der Waals surface area contributed by atoms with Gasteiger partial charge in [0.2, 0.25) is 5.91 Å². The maximum atomic E-state index is 12.6. The molecule has 2 fully saturated rings. The number of carbonyl (C=O) groups is 2. The first kappa shape index (κ1) is 20.3. The molecule has 5 rings (SSSR count). The Bertz CT molecular complexity index is 1050. The molecule has 2 saturated heterocycles. The first-order valence-electron chi connectivity index (χ1n) is 11.1. The lowest BCUT2D eigenvalue weighted by Gasteiger charge is -2.39. The predicted octanol–water partition coefficient (Wildman–Crippen LogP) is 3.77. The van der Waals surface area contributed by atoms with E-state index < -0.39 is 0 Å². The number of benzene rings is 1. The summed E-state index contributed by atoms with van der Waals surface area (Å²) >= 11 is 0. The first-order chi connectivity index (χ1) is 15.7. The second-order valence-corrected chi connectivity index (χ2v) is 8.47. The molecule has 1 aromatic carbocycles. The monoisotopic (exact) mass is 430 g/mol. The third-order valence-corrected chi connectivity index (χ3v) is 6.43. The average Bonchev–Trinajstić information content (AvgIpc) is 3.34. The zero-order chi connectivity index (χ0) is 21.9. The van der Waals surface area contributed by atoms with Gasteiger partial charge in [-0.15, -0.1) is 0 Å². The van der Waals surface area contributed by atoms with Crippen LogP contribution in [0.15, 0.2) is 71.6 Å². The number of furan rings is 1. The van der Waals surface area contributed by atoms with Gasteiger partial charge in [-0.25, -0.2) is 0 Å². The summed E-state index contributed by atoms with van der Waals surface area (Å²) in [7, 11) is 0. The highest BCUT2D eigenvalue weighted by Gasteiger charge is 2.33. The van der Waals surface area contributed by atoms with E-state index in [1.165, 1.54) is 11.8 Å². The first-order valence-corrected chi connectivity index (χ1v) is 11.1. The second-order valence-electron chi connectivity index (χ2n) is 8.47. The van der Waals surface area contributed by atoms with Crippen LogP contribution in [0, 0.1) is 5.92 Å². The maximum absolute atomic E-state index is 12.6. The highest BCUT2D eigenvalue weighted by Crippen LogP contribution is 2.30. The van der Waals surface area contributed by atoms with E-state index >= 15 is 0 Å². The van der Waals surface area contributed by atoms with E-state index in [0.717, 1.165) is 37.3 Å². The van der Waals surface area contributed by atoms with Crippen LogP contribution in [0.3, 0.4) is 0 Å². The summed E-state index contributed by atoms with van der Waals surface area (Å²) in [6.45, 7) is 2.87. The molecule has 2 amide bonds. The quantitative estimate of drug-likeness (QED) is 0.667. The largest absolute Gasteiger partial charge is 0.459 e. The molecule has 32 heavy (non-hydrogen) atoms. The van der Waals surface area contributed by atoms with Gasteiger partial charge in [0.1, 0.15) is 0 Å². The van der Waals surface area contributed by atoms with Crippen molar-refractivity contribution in [1.82, 2.24) is 9.88 Å². The molecule has 0 radical (unpaired) electrons. The zero-order valence-corrected chi connectivity index (χ0v) is 17.8. The Hall–Kier alpha value is -3.61.